The van der Waals surface area contributed by atoms with Crippen LogP contribution in [0.25, 0.3) is 0 Å². The Morgan fingerprint density at radius 1 is 1.59 bits per heavy atom. The number of nitro benzene ring substituents is 1. The van der Waals surface area contributed by atoms with E-state index in [0.717, 1.165) is 0 Å². The number of nitrogens with one attached hydrogen (secondary N) is 1. The lowest BCUT2D eigenvalue weighted by Crippen LogP contribution is -2.38. The fourth-order valence-electron chi connectivity index (χ4n) is 1.28. The number of hydrogen-bond acceptors (Lipinski definition) is 4. The van der Waals surface area contributed by atoms with Gasteiger partial charge in [0.25, 0.3) is 5.69 Å². The molecule has 0 aliphatic heterocycles. The van der Waals surface area contributed by atoms with Crippen LogP contribution < -0.4 is 5.32 Å². The topological polar surface area (TPSA) is 75.4 Å². The van der Waals surface area contributed by atoms with Crippen LogP contribution in [0.1, 0.15) is 20.3 Å². The fraction of sp³-hybridized carbons (Fsp3) is 0.455. The third kappa shape index (κ3) is 3.31. The maximum atomic E-state index is 10.5. The zero-order valence-corrected chi connectivity index (χ0v) is 10.5. The third-order valence-electron chi connectivity index (χ3n) is 2.73. The Kier molecular flexibility index (Phi) is 4.31. The summed E-state index contributed by atoms with van der Waals surface area (Å²) < 4.78 is 0. The van der Waals surface area contributed by atoms with Gasteiger partial charge in [-0.3, -0.25) is 10.1 Å². The molecule has 0 saturated carbocycles. The average molecular weight is 259 g/mol. The van der Waals surface area contributed by atoms with Crippen LogP contribution in [0.4, 0.5) is 11.4 Å². The van der Waals surface area contributed by atoms with E-state index in [9.17, 15) is 15.2 Å². The van der Waals surface area contributed by atoms with Gasteiger partial charge in [-0.1, -0.05) is 18.5 Å². The van der Waals surface area contributed by atoms with E-state index >= 15 is 0 Å². The zero-order valence-electron chi connectivity index (χ0n) is 9.74. The molecule has 1 rings (SSSR count). The molecular weight excluding hydrogens is 244 g/mol. The summed E-state index contributed by atoms with van der Waals surface area (Å²) in [4.78, 5) is 10.0. The number of aliphatic hydroxyl groups is 1. The standard InChI is InChI=1S/C11H15ClN2O3/c1-3-11(2,7-15)13-10-5-4-8(14(16)17)6-9(10)12/h4-6,13,15H,3,7H2,1-2H3. The van der Waals surface area contributed by atoms with Crippen molar-refractivity contribution in [3.63, 3.8) is 0 Å². The van der Waals surface area contributed by atoms with Crippen LogP contribution in [-0.2, 0) is 0 Å². The summed E-state index contributed by atoms with van der Waals surface area (Å²) in [5.41, 5.74) is 0.0400. The second-order valence-corrected chi connectivity index (χ2v) is 4.53. The van der Waals surface area contributed by atoms with E-state index < -0.39 is 10.5 Å². The predicted molar refractivity (Wildman–Crippen MR) is 67.5 cm³/mol. The highest BCUT2D eigenvalue weighted by Gasteiger charge is 2.22. The fourth-order valence-corrected chi connectivity index (χ4v) is 1.51. The highest BCUT2D eigenvalue weighted by Crippen LogP contribution is 2.29. The second kappa shape index (κ2) is 5.33. The van der Waals surface area contributed by atoms with Crippen molar-refractivity contribution in [2.45, 2.75) is 25.8 Å². The molecule has 0 heterocycles. The smallest absolute Gasteiger partial charge is 0.271 e. The van der Waals surface area contributed by atoms with Gasteiger partial charge in [-0.25, -0.2) is 0 Å². The highest BCUT2D eigenvalue weighted by molar-refractivity contribution is 6.33. The van der Waals surface area contributed by atoms with E-state index in [2.05, 4.69) is 5.32 Å². The number of benzene rings is 1. The maximum Gasteiger partial charge on any atom is 0.271 e. The third-order valence-corrected chi connectivity index (χ3v) is 3.04. The first kappa shape index (κ1) is 13.7. The average Bonchev–Trinajstić information content (AvgIpc) is 2.31. The summed E-state index contributed by atoms with van der Waals surface area (Å²) in [7, 11) is 0. The molecule has 0 spiro atoms. The van der Waals surface area contributed by atoms with Crippen molar-refractivity contribution < 1.29 is 10.0 Å². The second-order valence-electron chi connectivity index (χ2n) is 4.12. The SMILES string of the molecule is CCC(C)(CO)Nc1ccc([N+](=O)[O-])cc1Cl. The first-order valence-corrected chi connectivity index (χ1v) is 5.62. The molecule has 17 heavy (non-hydrogen) atoms. The number of nitro groups is 1. The Morgan fingerprint density at radius 2 is 2.24 bits per heavy atom. The van der Waals surface area contributed by atoms with Gasteiger partial charge in [-0.15, -0.1) is 0 Å². The minimum Gasteiger partial charge on any atom is -0.394 e. The minimum atomic E-state index is -0.499. The largest absolute Gasteiger partial charge is 0.394 e. The number of rotatable bonds is 5. The van der Waals surface area contributed by atoms with Crippen molar-refractivity contribution in [2.24, 2.45) is 0 Å². The molecule has 1 unspecified atom stereocenters. The molecule has 94 valence electrons. The number of nitrogens with zero attached hydrogens (tertiary/aromatic N) is 1. The van der Waals surface area contributed by atoms with Crippen LogP contribution in [0.2, 0.25) is 5.02 Å². The van der Waals surface area contributed by atoms with Crippen LogP contribution in [0, 0.1) is 10.1 Å². The van der Waals surface area contributed by atoms with Gasteiger partial charge in [0.05, 0.1) is 27.8 Å². The Hall–Kier alpha value is -1.33. The molecule has 1 atom stereocenters. The van der Waals surface area contributed by atoms with Crippen molar-refractivity contribution in [1.29, 1.82) is 0 Å². The first-order valence-electron chi connectivity index (χ1n) is 5.25. The Bertz CT molecular complexity index is 419. The molecule has 0 radical (unpaired) electrons. The lowest BCUT2D eigenvalue weighted by atomic mass is 10.00. The van der Waals surface area contributed by atoms with E-state index in [-0.39, 0.29) is 17.3 Å². The Labute approximate surface area is 105 Å². The molecule has 6 heteroatoms. The first-order chi connectivity index (χ1) is 7.91. The number of non-ortho nitro benzene ring substituents is 1. The number of hydrogen-bond donors (Lipinski definition) is 2. The van der Waals surface area contributed by atoms with Gasteiger partial charge in [0.15, 0.2) is 0 Å². The molecule has 0 aliphatic rings. The predicted octanol–water partition coefficient (Wildman–Crippen LogP) is 2.82. The highest BCUT2D eigenvalue weighted by atomic mass is 35.5. The van der Waals surface area contributed by atoms with Gasteiger partial charge < -0.3 is 10.4 Å². The van der Waals surface area contributed by atoms with Gasteiger partial charge >= 0.3 is 0 Å². The molecule has 0 aliphatic carbocycles. The monoisotopic (exact) mass is 258 g/mol. The van der Waals surface area contributed by atoms with Crippen LogP contribution >= 0.6 is 11.6 Å². The van der Waals surface area contributed by atoms with Gasteiger partial charge in [0.1, 0.15) is 0 Å². The lowest BCUT2D eigenvalue weighted by molar-refractivity contribution is -0.384. The van der Waals surface area contributed by atoms with Gasteiger partial charge in [-0.2, -0.15) is 0 Å². The molecule has 0 amide bonds. The summed E-state index contributed by atoms with van der Waals surface area (Å²) in [6, 6.07) is 4.21. The van der Waals surface area contributed by atoms with Gasteiger partial charge in [-0.05, 0) is 19.4 Å². The maximum absolute atomic E-state index is 10.5. The van der Waals surface area contributed by atoms with E-state index in [0.29, 0.717) is 12.1 Å². The zero-order chi connectivity index (χ0) is 13.1. The Morgan fingerprint density at radius 3 is 2.65 bits per heavy atom. The molecule has 5 nitrogen and oxygen atoms in total. The normalized spacial score (nSPS) is 14.1. The number of aliphatic hydroxyl groups excluding tert-OH is 1. The van der Waals surface area contributed by atoms with Crippen molar-refractivity contribution >= 4 is 23.0 Å². The molecule has 1 aromatic carbocycles. The molecule has 0 aromatic heterocycles. The molecule has 0 bridgehead atoms. The van der Waals surface area contributed by atoms with E-state index in [1.54, 1.807) is 6.07 Å². The van der Waals surface area contributed by atoms with Crippen LogP contribution in [0.5, 0.6) is 0 Å². The number of anilines is 1. The summed E-state index contributed by atoms with van der Waals surface area (Å²) in [5, 5.41) is 23.2. The molecule has 2 N–H and O–H groups in total. The van der Waals surface area contributed by atoms with E-state index in [4.69, 9.17) is 11.6 Å². The summed E-state index contributed by atoms with van der Waals surface area (Å²) >= 11 is 5.94. The van der Waals surface area contributed by atoms with Crippen LogP contribution in [0.3, 0.4) is 0 Å². The summed E-state index contributed by atoms with van der Waals surface area (Å²) in [5.74, 6) is 0. The number of halogens is 1. The van der Waals surface area contributed by atoms with E-state index in [1.807, 2.05) is 13.8 Å². The summed E-state index contributed by atoms with van der Waals surface area (Å²) in [6.45, 7) is 3.74. The minimum absolute atomic E-state index is 0.0448. The lowest BCUT2D eigenvalue weighted by Gasteiger charge is -2.28. The van der Waals surface area contributed by atoms with Crippen LogP contribution in [-0.4, -0.2) is 22.2 Å². The van der Waals surface area contributed by atoms with Crippen molar-refractivity contribution in [1.82, 2.24) is 0 Å². The molecule has 0 fully saturated rings. The van der Waals surface area contributed by atoms with Crippen LogP contribution in [0.15, 0.2) is 18.2 Å². The molecule has 0 saturated heterocycles. The summed E-state index contributed by atoms with van der Waals surface area (Å²) in [6.07, 6.45) is 0.705. The Balaban J connectivity index is 2.97. The quantitative estimate of drug-likeness (QED) is 0.629. The van der Waals surface area contributed by atoms with Crippen molar-refractivity contribution in [2.75, 3.05) is 11.9 Å². The van der Waals surface area contributed by atoms with Gasteiger partial charge in [0, 0.05) is 12.1 Å². The van der Waals surface area contributed by atoms with Crippen molar-refractivity contribution in [3.8, 4) is 0 Å². The van der Waals surface area contributed by atoms with E-state index in [1.165, 1.54) is 12.1 Å². The molecular formula is C11H15ClN2O3. The van der Waals surface area contributed by atoms with Crippen molar-refractivity contribution in [3.05, 3.63) is 33.3 Å². The molecule has 1 aromatic rings. The van der Waals surface area contributed by atoms with Gasteiger partial charge in [0.2, 0.25) is 0 Å².